The van der Waals surface area contributed by atoms with E-state index in [0.717, 1.165) is 13.0 Å². The Morgan fingerprint density at radius 1 is 1.25 bits per heavy atom. The third-order valence-electron chi connectivity index (χ3n) is 2.17. The molecule has 0 saturated carbocycles. The van der Waals surface area contributed by atoms with E-state index in [-0.39, 0.29) is 6.10 Å². The smallest absolute Gasteiger partial charge is 0.0515 e. The summed E-state index contributed by atoms with van der Waals surface area (Å²) < 4.78 is 0. The highest BCUT2D eigenvalue weighted by Crippen LogP contribution is 2.04. The summed E-state index contributed by atoms with van der Waals surface area (Å²) in [5.74, 6) is 0.569. The van der Waals surface area contributed by atoms with Crippen LogP contribution in [0.15, 0.2) is 0 Å². The molecular weight excluding hydrogens is 150 g/mol. The fraction of sp³-hybridized carbons (Fsp3) is 1.00. The lowest BCUT2D eigenvalue weighted by molar-refractivity contribution is 0.162. The standard InChI is InChI=1S/C10H23NO/c1-5-9(3)11-7-8(2)6-10(4)12/h8-12H,5-7H2,1-4H3. The maximum Gasteiger partial charge on any atom is 0.0515 e. The molecule has 0 amide bonds. The summed E-state index contributed by atoms with van der Waals surface area (Å²) in [5, 5.41) is 12.5. The van der Waals surface area contributed by atoms with Gasteiger partial charge in [0.2, 0.25) is 0 Å². The van der Waals surface area contributed by atoms with Gasteiger partial charge in [-0.2, -0.15) is 0 Å². The Hall–Kier alpha value is -0.0800. The zero-order chi connectivity index (χ0) is 9.56. The van der Waals surface area contributed by atoms with Crippen molar-refractivity contribution in [3.05, 3.63) is 0 Å². The molecule has 0 heterocycles. The van der Waals surface area contributed by atoms with Crippen molar-refractivity contribution in [1.82, 2.24) is 5.32 Å². The predicted molar refractivity (Wildman–Crippen MR) is 53.2 cm³/mol. The summed E-state index contributed by atoms with van der Waals surface area (Å²) in [7, 11) is 0. The van der Waals surface area contributed by atoms with Gasteiger partial charge < -0.3 is 10.4 Å². The van der Waals surface area contributed by atoms with Crippen LogP contribution in [0.4, 0.5) is 0 Å². The van der Waals surface area contributed by atoms with E-state index in [4.69, 9.17) is 5.11 Å². The summed E-state index contributed by atoms with van der Waals surface area (Å²) in [6.45, 7) is 9.40. The molecule has 0 rings (SSSR count). The second kappa shape index (κ2) is 6.44. The first kappa shape index (κ1) is 11.9. The minimum absolute atomic E-state index is 0.168. The summed E-state index contributed by atoms with van der Waals surface area (Å²) in [6.07, 6.45) is 1.89. The lowest BCUT2D eigenvalue weighted by Gasteiger charge is -2.17. The van der Waals surface area contributed by atoms with Crippen molar-refractivity contribution in [1.29, 1.82) is 0 Å². The molecule has 0 aromatic rings. The van der Waals surface area contributed by atoms with Gasteiger partial charge in [0, 0.05) is 6.04 Å². The van der Waals surface area contributed by atoms with Gasteiger partial charge in [-0.3, -0.25) is 0 Å². The number of aliphatic hydroxyl groups is 1. The number of nitrogens with one attached hydrogen (secondary N) is 1. The number of hydrogen-bond donors (Lipinski definition) is 2. The highest BCUT2D eigenvalue weighted by molar-refractivity contribution is 4.64. The highest BCUT2D eigenvalue weighted by atomic mass is 16.3. The zero-order valence-electron chi connectivity index (χ0n) is 8.80. The van der Waals surface area contributed by atoms with Crippen molar-refractivity contribution in [2.24, 2.45) is 5.92 Å². The van der Waals surface area contributed by atoms with Crippen LogP contribution in [0, 0.1) is 5.92 Å². The Bertz CT molecular complexity index is 104. The van der Waals surface area contributed by atoms with Crippen molar-refractivity contribution in [2.45, 2.75) is 52.7 Å². The lowest BCUT2D eigenvalue weighted by Crippen LogP contribution is -2.30. The highest BCUT2D eigenvalue weighted by Gasteiger charge is 2.06. The van der Waals surface area contributed by atoms with Crippen LogP contribution in [0.1, 0.15) is 40.5 Å². The molecule has 0 aliphatic rings. The summed E-state index contributed by atoms with van der Waals surface area (Å²) in [5.41, 5.74) is 0. The molecule has 0 aromatic carbocycles. The number of hydrogen-bond acceptors (Lipinski definition) is 2. The van der Waals surface area contributed by atoms with Crippen LogP contribution in [-0.2, 0) is 0 Å². The molecule has 2 heteroatoms. The van der Waals surface area contributed by atoms with Crippen LogP contribution in [0.3, 0.4) is 0 Å². The fourth-order valence-corrected chi connectivity index (χ4v) is 1.21. The van der Waals surface area contributed by atoms with Crippen LogP contribution in [-0.4, -0.2) is 23.8 Å². The van der Waals surface area contributed by atoms with Gasteiger partial charge in [0.1, 0.15) is 0 Å². The molecule has 74 valence electrons. The van der Waals surface area contributed by atoms with Crippen LogP contribution < -0.4 is 5.32 Å². The second-order valence-electron chi connectivity index (χ2n) is 3.91. The molecule has 0 aromatic heterocycles. The first-order valence-electron chi connectivity index (χ1n) is 4.97. The van der Waals surface area contributed by atoms with Crippen LogP contribution in [0.25, 0.3) is 0 Å². The van der Waals surface area contributed by atoms with Gasteiger partial charge in [-0.05, 0) is 39.2 Å². The molecule has 3 atom stereocenters. The van der Waals surface area contributed by atoms with E-state index in [2.05, 4.69) is 26.1 Å². The van der Waals surface area contributed by atoms with Gasteiger partial charge in [0.05, 0.1) is 6.10 Å². The quantitative estimate of drug-likeness (QED) is 0.641. The molecule has 0 fully saturated rings. The molecule has 12 heavy (non-hydrogen) atoms. The van der Waals surface area contributed by atoms with Crippen LogP contribution >= 0.6 is 0 Å². The maximum atomic E-state index is 9.12. The van der Waals surface area contributed by atoms with E-state index < -0.39 is 0 Å². The van der Waals surface area contributed by atoms with Gasteiger partial charge >= 0.3 is 0 Å². The van der Waals surface area contributed by atoms with Crippen LogP contribution in [0.2, 0.25) is 0 Å². The van der Waals surface area contributed by atoms with E-state index in [1.807, 2.05) is 6.92 Å². The molecule has 3 unspecified atom stereocenters. The van der Waals surface area contributed by atoms with Crippen molar-refractivity contribution in [2.75, 3.05) is 6.54 Å². The number of aliphatic hydroxyl groups excluding tert-OH is 1. The molecule has 2 N–H and O–H groups in total. The van der Waals surface area contributed by atoms with Crippen LogP contribution in [0.5, 0.6) is 0 Å². The third kappa shape index (κ3) is 6.62. The Balaban J connectivity index is 3.36. The average molecular weight is 173 g/mol. The van der Waals surface area contributed by atoms with Crippen molar-refractivity contribution >= 4 is 0 Å². The molecule has 2 nitrogen and oxygen atoms in total. The Morgan fingerprint density at radius 2 is 1.83 bits per heavy atom. The second-order valence-corrected chi connectivity index (χ2v) is 3.91. The molecule has 0 bridgehead atoms. The van der Waals surface area contributed by atoms with Crippen molar-refractivity contribution in [3.8, 4) is 0 Å². The molecule has 0 spiro atoms. The van der Waals surface area contributed by atoms with E-state index in [1.165, 1.54) is 6.42 Å². The molecular formula is C10H23NO. The Morgan fingerprint density at radius 3 is 2.25 bits per heavy atom. The fourth-order valence-electron chi connectivity index (χ4n) is 1.21. The first-order valence-corrected chi connectivity index (χ1v) is 4.97. The monoisotopic (exact) mass is 173 g/mol. The molecule has 0 aliphatic carbocycles. The largest absolute Gasteiger partial charge is 0.393 e. The van der Waals surface area contributed by atoms with Gasteiger partial charge in [-0.1, -0.05) is 13.8 Å². The number of rotatable bonds is 6. The van der Waals surface area contributed by atoms with E-state index >= 15 is 0 Å². The summed E-state index contributed by atoms with van der Waals surface area (Å²) >= 11 is 0. The minimum Gasteiger partial charge on any atom is -0.393 e. The van der Waals surface area contributed by atoms with E-state index in [0.29, 0.717) is 12.0 Å². The lowest BCUT2D eigenvalue weighted by atomic mass is 10.0. The van der Waals surface area contributed by atoms with E-state index in [9.17, 15) is 0 Å². The van der Waals surface area contributed by atoms with E-state index in [1.54, 1.807) is 0 Å². The topological polar surface area (TPSA) is 32.3 Å². The van der Waals surface area contributed by atoms with Crippen molar-refractivity contribution in [3.63, 3.8) is 0 Å². The van der Waals surface area contributed by atoms with Gasteiger partial charge in [0.15, 0.2) is 0 Å². The third-order valence-corrected chi connectivity index (χ3v) is 2.17. The maximum absolute atomic E-state index is 9.12. The summed E-state index contributed by atoms with van der Waals surface area (Å²) in [6, 6.07) is 0.599. The minimum atomic E-state index is -0.168. The first-order chi connectivity index (χ1) is 5.56. The average Bonchev–Trinajstić information content (AvgIpc) is 1.99. The van der Waals surface area contributed by atoms with Gasteiger partial charge in [0.25, 0.3) is 0 Å². The van der Waals surface area contributed by atoms with Crippen molar-refractivity contribution < 1.29 is 5.11 Å². The molecule has 0 aliphatic heterocycles. The summed E-state index contributed by atoms with van der Waals surface area (Å²) in [4.78, 5) is 0. The predicted octanol–water partition coefficient (Wildman–Crippen LogP) is 1.78. The normalized spacial score (nSPS) is 18.8. The molecule has 0 saturated heterocycles. The van der Waals surface area contributed by atoms with Gasteiger partial charge in [-0.15, -0.1) is 0 Å². The SMILES string of the molecule is CCC(C)NCC(C)CC(C)O. The molecule has 0 radical (unpaired) electrons. The Kier molecular flexibility index (Phi) is 6.39. The zero-order valence-corrected chi connectivity index (χ0v) is 8.80. The van der Waals surface area contributed by atoms with Gasteiger partial charge in [-0.25, -0.2) is 0 Å². The Labute approximate surface area is 76.4 Å².